The molecular weight excluding hydrogens is 270 g/mol. The SMILES string of the molecule is Cc1nc(C)c(C(=O)N(CC2CCCNC2)C2CC2)s1. The highest BCUT2D eigenvalue weighted by atomic mass is 32.1. The Morgan fingerprint density at radius 3 is 2.75 bits per heavy atom. The topological polar surface area (TPSA) is 45.2 Å². The Morgan fingerprint density at radius 2 is 2.20 bits per heavy atom. The maximum atomic E-state index is 12.8. The lowest BCUT2D eigenvalue weighted by atomic mass is 9.99. The zero-order chi connectivity index (χ0) is 14.1. The number of amides is 1. The van der Waals surface area contributed by atoms with Gasteiger partial charge in [-0.1, -0.05) is 0 Å². The van der Waals surface area contributed by atoms with Crippen molar-refractivity contribution in [2.24, 2.45) is 5.92 Å². The van der Waals surface area contributed by atoms with Gasteiger partial charge in [-0.15, -0.1) is 11.3 Å². The molecule has 1 N–H and O–H groups in total. The molecule has 1 aromatic heterocycles. The van der Waals surface area contributed by atoms with Crippen LogP contribution in [-0.2, 0) is 0 Å². The molecule has 0 bridgehead atoms. The van der Waals surface area contributed by atoms with Crippen molar-refractivity contribution in [2.45, 2.75) is 45.6 Å². The molecule has 5 heteroatoms. The van der Waals surface area contributed by atoms with Gasteiger partial charge in [0.15, 0.2) is 0 Å². The molecule has 110 valence electrons. The number of nitrogens with zero attached hydrogens (tertiary/aromatic N) is 2. The summed E-state index contributed by atoms with van der Waals surface area (Å²) in [5, 5.41) is 4.43. The Kier molecular flexibility index (Phi) is 4.08. The van der Waals surface area contributed by atoms with Crippen molar-refractivity contribution >= 4 is 17.2 Å². The van der Waals surface area contributed by atoms with Gasteiger partial charge in [0.1, 0.15) is 4.88 Å². The van der Waals surface area contributed by atoms with E-state index in [1.54, 1.807) is 11.3 Å². The van der Waals surface area contributed by atoms with Gasteiger partial charge >= 0.3 is 0 Å². The normalized spacial score (nSPS) is 22.8. The number of piperidine rings is 1. The average molecular weight is 293 g/mol. The van der Waals surface area contributed by atoms with Crippen LogP contribution in [0.15, 0.2) is 0 Å². The molecule has 0 radical (unpaired) electrons. The highest BCUT2D eigenvalue weighted by molar-refractivity contribution is 7.13. The van der Waals surface area contributed by atoms with Gasteiger partial charge in [-0.25, -0.2) is 4.98 Å². The van der Waals surface area contributed by atoms with Gasteiger partial charge in [0.2, 0.25) is 0 Å². The standard InChI is InChI=1S/C15H23N3OS/c1-10-14(20-11(2)17-10)15(19)18(13-5-6-13)9-12-4-3-7-16-8-12/h12-13,16H,3-9H2,1-2H3. The monoisotopic (exact) mass is 293 g/mol. The summed E-state index contributed by atoms with van der Waals surface area (Å²) < 4.78 is 0. The van der Waals surface area contributed by atoms with Gasteiger partial charge in [-0.05, 0) is 58.5 Å². The van der Waals surface area contributed by atoms with E-state index in [9.17, 15) is 4.79 Å². The number of carbonyl (C=O) groups is 1. The van der Waals surface area contributed by atoms with Crippen LogP contribution in [0.3, 0.4) is 0 Å². The Hall–Kier alpha value is -0.940. The fourth-order valence-electron chi connectivity index (χ4n) is 3.00. The van der Waals surface area contributed by atoms with E-state index in [4.69, 9.17) is 0 Å². The van der Waals surface area contributed by atoms with Crippen molar-refractivity contribution in [1.82, 2.24) is 15.2 Å². The van der Waals surface area contributed by atoms with E-state index in [0.717, 1.165) is 35.2 Å². The number of thiazole rings is 1. The summed E-state index contributed by atoms with van der Waals surface area (Å²) in [7, 11) is 0. The molecule has 1 aromatic rings. The van der Waals surface area contributed by atoms with Gasteiger partial charge in [-0.3, -0.25) is 4.79 Å². The quantitative estimate of drug-likeness (QED) is 0.927. The summed E-state index contributed by atoms with van der Waals surface area (Å²) in [6.45, 7) is 7.01. The molecule has 2 fully saturated rings. The van der Waals surface area contributed by atoms with E-state index < -0.39 is 0 Å². The molecule has 3 rings (SSSR count). The maximum Gasteiger partial charge on any atom is 0.266 e. The van der Waals surface area contributed by atoms with E-state index in [1.807, 2.05) is 13.8 Å². The van der Waals surface area contributed by atoms with Crippen LogP contribution in [0.25, 0.3) is 0 Å². The van der Waals surface area contributed by atoms with E-state index in [2.05, 4.69) is 15.2 Å². The first-order valence-corrected chi connectivity index (χ1v) is 8.42. The summed E-state index contributed by atoms with van der Waals surface area (Å²) in [6.07, 6.45) is 4.81. The molecule has 4 nitrogen and oxygen atoms in total. The molecule has 2 heterocycles. The van der Waals surface area contributed by atoms with Crippen LogP contribution in [0.1, 0.15) is 46.1 Å². The third-order valence-corrected chi connectivity index (χ3v) is 5.26. The molecule has 1 saturated carbocycles. The van der Waals surface area contributed by atoms with Gasteiger partial charge < -0.3 is 10.2 Å². The second kappa shape index (κ2) is 5.82. The summed E-state index contributed by atoms with van der Waals surface area (Å²) >= 11 is 1.54. The molecule has 1 aliphatic heterocycles. The van der Waals surface area contributed by atoms with Crippen LogP contribution in [0, 0.1) is 19.8 Å². The predicted molar refractivity (Wildman–Crippen MR) is 81.2 cm³/mol. The van der Waals surface area contributed by atoms with E-state index in [1.165, 1.54) is 25.7 Å². The van der Waals surface area contributed by atoms with Crippen molar-refractivity contribution < 1.29 is 4.79 Å². The number of aromatic nitrogens is 1. The molecule has 0 spiro atoms. The third kappa shape index (κ3) is 3.04. The molecule has 20 heavy (non-hydrogen) atoms. The number of hydrogen-bond donors (Lipinski definition) is 1. The summed E-state index contributed by atoms with van der Waals surface area (Å²) in [6, 6.07) is 0.478. The Labute approximate surface area is 124 Å². The molecule has 0 aromatic carbocycles. The van der Waals surface area contributed by atoms with Crippen LogP contribution in [0.5, 0.6) is 0 Å². The number of rotatable bonds is 4. The van der Waals surface area contributed by atoms with Crippen LogP contribution < -0.4 is 5.32 Å². The van der Waals surface area contributed by atoms with Crippen LogP contribution in [0.4, 0.5) is 0 Å². The van der Waals surface area contributed by atoms with Crippen LogP contribution >= 0.6 is 11.3 Å². The van der Waals surface area contributed by atoms with E-state index >= 15 is 0 Å². The van der Waals surface area contributed by atoms with E-state index in [-0.39, 0.29) is 5.91 Å². The number of hydrogen-bond acceptors (Lipinski definition) is 4. The van der Waals surface area contributed by atoms with Gasteiger partial charge in [-0.2, -0.15) is 0 Å². The molecule has 1 atom stereocenters. The second-order valence-corrected chi connectivity index (χ2v) is 7.25. The van der Waals surface area contributed by atoms with Crippen molar-refractivity contribution in [2.75, 3.05) is 19.6 Å². The number of carbonyl (C=O) groups excluding carboxylic acids is 1. The minimum Gasteiger partial charge on any atom is -0.335 e. The fraction of sp³-hybridized carbons (Fsp3) is 0.733. The van der Waals surface area contributed by atoms with Gasteiger partial charge in [0, 0.05) is 12.6 Å². The Bertz CT molecular complexity index is 489. The first kappa shape index (κ1) is 14.0. The summed E-state index contributed by atoms with van der Waals surface area (Å²) in [5.74, 6) is 0.823. The molecular formula is C15H23N3OS. The molecule has 1 saturated heterocycles. The van der Waals surface area contributed by atoms with Crippen LogP contribution in [-0.4, -0.2) is 41.5 Å². The minimum atomic E-state index is 0.209. The maximum absolute atomic E-state index is 12.8. The summed E-state index contributed by atoms with van der Waals surface area (Å²) in [4.78, 5) is 20.2. The first-order chi connectivity index (χ1) is 9.65. The zero-order valence-electron chi connectivity index (χ0n) is 12.3. The fourth-order valence-corrected chi connectivity index (χ4v) is 3.88. The smallest absolute Gasteiger partial charge is 0.266 e. The number of nitrogens with one attached hydrogen (secondary N) is 1. The highest BCUT2D eigenvalue weighted by Gasteiger charge is 2.35. The lowest BCUT2D eigenvalue weighted by molar-refractivity contribution is 0.0708. The third-order valence-electron chi connectivity index (χ3n) is 4.20. The predicted octanol–water partition coefficient (Wildman–Crippen LogP) is 2.36. The van der Waals surface area contributed by atoms with Crippen molar-refractivity contribution in [3.8, 4) is 0 Å². The van der Waals surface area contributed by atoms with Gasteiger partial charge in [0.05, 0.1) is 10.7 Å². The van der Waals surface area contributed by atoms with Gasteiger partial charge in [0.25, 0.3) is 5.91 Å². The van der Waals surface area contributed by atoms with Crippen molar-refractivity contribution in [3.63, 3.8) is 0 Å². The zero-order valence-corrected chi connectivity index (χ0v) is 13.1. The lowest BCUT2D eigenvalue weighted by Gasteiger charge is -2.30. The first-order valence-electron chi connectivity index (χ1n) is 7.61. The van der Waals surface area contributed by atoms with Crippen molar-refractivity contribution in [1.29, 1.82) is 0 Å². The highest BCUT2D eigenvalue weighted by Crippen LogP contribution is 2.31. The molecule has 1 aliphatic carbocycles. The second-order valence-electron chi connectivity index (χ2n) is 6.05. The lowest BCUT2D eigenvalue weighted by Crippen LogP contribution is -2.42. The molecule has 1 amide bonds. The van der Waals surface area contributed by atoms with E-state index in [0.29, 0.717) is 12.0 Å². The van der Waals surface area contributed by atoms with Crippen LogP contribution in [0.2, 0.25) is 0 Å². The molecule has 1 unspecified atom stereocenters. The number of aryl methyl sites for hydroxylation is 2. The molecule has 2 aliphatic rings. The summed E-state index contributed by atoms with van der Waals surface area (Å²) in [5.41, 5.74) is 0.893. The van der Waals surface area contributed by atoms with Crippen molar-refractivity contribution in [3.05, 3.63) is 15.6 Å². The Balaban J connectivity index is 1.72. The minimum absolute atomic E-state index is 0.209. The average Bonchev–Trinajstić information content (AvgIpc) is 3.22. The Morgan fingerprint density at radius 1 is 1.40 bits per heavy atom. The largest absolute Gasteiger partial charge is 0.335 e.